The summed E-state index contributed by atoms with van der Waals surface area (Å²) in [4.78, 5) is 30.9. The molecule has 0 saturated carbocycles. The molecule has 11 heteroatoms. The quantitative estimate of drug-likeness (QED) is 0.359. The maximum Gasteiger partial charge on any atom is 0.416 e. The second kappa shape index (κ2) is 9.33. The molecule has 5 rings (SSSR count). The van der Waals surface area contributed by atoms with Gasteiger partial charge in [0.2, 0.25) is 0 Å². The number of halogens is 3. The number of rotatable bonds is 5. The average molecular weight is 521 g/mol. The van der Waals surface area contributed by atoms with Crippen LogP contribution in [0.5, 0.6) is 5.75 Å². The van der Waals surface area contributed by atoms with Crippen LogP contribution in [-0.2, 0) is 13.2 Å². The van der Waals surface area contributed by atoms with E-state index in [4.69, 9.17) is 4.74 Å². The molecule has 1 N–H and O–H groups in total. The number of nitrogens with zero attached hydrogens (tertiary/aromatic N) is 4. The second-order valence-electron chi connectivity index (χ2n) is 8.77. The van der Waals surface area contributed by atoms with Crippen LogP contribution in [0.4, 0.5) is 13.2 Å². The highest BCUT2D eigenvalue weighted by molar-refractivity contribution is 6.07. The van der Waals surface area contributed by atoms with Crippen molar-refractivity contribution < 1.29 is 22.7 Å². The first-order valence-electron chi connectivity index (χ1n) is 11.6. The standard InChI is InChI=1S/C27H22F3N5O3/c1-15(23-22(38-3)5-4-12-31-23)32-25(36)16-6-11-21-19(13-16)24-20(14-34(2)33-24)26(37)35(21)18-9-7-17(8-10-18)27(28,29)30/h4-15H,1-3H3,(H,32,36)/t15-/m1/s1. The molecule has 3 aromatic heterocycles. The zero-order valence-electron chi connectivity index (χ0n) is 20.6. The summed E-state index contributed by atoms with van der Waals surface area (Å²) in [5.41, 5.74) is 0.650. The van der Waals surface area contributed by atoms with Gasteiger partial charge in [0.05, 0.1) is 29.6 Å². The average Bonchev–Trinajstić information content (AvgIpc) is 3.30. The Bertz CT molecular complexity index is 1740. The van der Waals surface area contributed by atoms with Crippen LogP contribution in [-0.4, -0.2) is 32.3 Å². The number of carbonyl (C=O) groups excluding carboxylic acids is 1. The van der Waals surface area contributed by atoms with Crippen molar-refractivity contribution in [1.29, 1.82) is 0 Å². The normalized spacial score (nSPS) is 12.6. The van der Waals surface area contributed by atoms with Gasteiger partial charge in [0.15, 0.2) is 0 Å². The molecule has 0 fully saturated rings. The third-order valence-corrected chi connectivity index (χ3v) is 6.25. The maximum atomic E-state index is 13.4. The summed E-state index contributed by atoms with van der Waals surface area (Å²) in [6.45, 7) is 1.78. The van der Waals surface area contributed by atoms with E-state index in [9.17, 15) is 22.8 Å². The number of nitrogens with one attached hydrogen (secondary N) is 1. The number of pyridine rings is 2. The number of hydrogen-bond donors (Lipinski definition) is 1. The van der Waals surface area contributed by atoms with Crippen LogP contribution in [0.25, 0.3) is 27.5 Å². The number of aryl methyl sites for hydroxylation is 1. The van der Waals surface area contributed by atoms with Crippen molar-refractivity contribution in [2.75, 3.05) is 7.11 Å². The molecular formula is C27H22F3N5O3. The van der Waals surface area contributed by atoms with Crippen molar-refractivity contribution in [3.05, 3.63) is 94.2 Å². The third kappa shape index (κ3) is 4.36. The van der Waals surface area contributed by atoms with Crippen LogP contribution in [0.2, 0.25) is 0 Å². The molecule has 3 heterocycles. The van der Waals surface area contributed by atoms with E-state index in [1.807, 2.05) is 0 Å². The Hall–Kier alpha value is -4.67. The van der Waals surface area contributed by atoms with Crippen molar-refractivity contribution in [2.45, 2.75) is 19.1 Å². The predicted molar refractivity (Wildman–Crippen MR) is 135 cm³/mol. The molecule has 0 radical (unpaired) electrons. The summed E-state index contributed by atoms with van der Waals surface area (Å²) >= 11 is 0. The fourth-order valence-corrected chi connectivity index (χ4v) is 4.44. The highest BCUT2D eigenvalue weighted by Gasteiger charge is 2.30. The van der Waals surface area contributed by atoms with Gasteiger partial charge < -0.3 is 10.1 Å². The minimum Gasteiger partial charge on any atom is -0.495 e. The second-order valence-corrected chi connectivity index (χ2v) is 8.77. The van der Waals surface area contributed by atoms with Gasteiger partial charge in [-0.05, 0) is 61.5 Å². The fraction of sp³-hybridized carbons (Fsp3) is 0.185. The zero-order valence-corrected chi connectivity index (χ0v) is 20.6. The number of hydrogen-bond acceptors (Lipinski definition) is 5. The van der Waals surface area contributed by atoms with Gasteiger partial charge >= 0.3 is 6.18 Å². The number of ether oxygens (including phenoxy) is 1. The molecular weight excluding hydrogens is 499 g/mol. The van der Waals surface area contributed by atoms with Gasteiger partial charge in [-0.2, -0.15) is 18.3 Å². The van der Waals surface area contributed by atoms with Gasteiger partial charge in [0.1, 0.15) is 17.0 Å². The number of aromatic nitrogens is 4. The van der Waals surface area contributed by atoms with Crippen LogP contribution < -0.4 is 15.6 Å². The van der Waals surface area contributed by atoms with Crippen molar-refractivity contribution in [3.8, 4) is 11.4 Å². The molecule has 1 amide bonds. The number of fused-ring (bicyclic) bond motifs is 3. The van der Waals surface area contributed by atoms with Crippen molar-refractivity contribution in [1.82, 2.24) is 24.6 Å². The zero-order chi connectivity index (χ0) is 27.2. The van der Waals surface area contributed by atoms with E-state index in [0.717, 1.165) is 12.1 Å². The molecule has 0 spiro atoms. The first-order chi connectivity index (χ1) is 18.1. The summed E-state index contributed by atoms with van der Waals surface area (Å²) in [7, 11) is 3.18. The monoisotopic (exact) mass is 521 g/mol. The minimum atomic E-state index is -4.50. The molecule has 0 aliphatic carbocycles. The van der Waals surface area contributed by atoms with Gasteiger partial charge in [0.25, 0.3) is 11.5 Å². The van der Waals surface area contributed by atoms with E-state index in [0.29, 0.717) is 33.4 Å². The van der Waals surface area contributed by atoms with E-state index in [1.165, 1.54) is 28.5 Å². The minimum absolute atomic E-state index is 0.256. The van der Waals surface area contributed by atoms with Gasteiger partial charge in [0, 0.05) is 36.1 Å². The first kappa shape index (κ1) is 25.0. The Morgan fingerprint density at radius 3 is 2.50 bits per heavy atom. The highest BCUT2D eigenvalue weighted by atomic mass is 19.4. The molecule has 194 valence electrons. The lowest BCUT2D eigenvalue weighted by molar-refractivity contribution is -0.137. The molecule has 2 aromatic carbocycles. The summed E-state index contributed by atoms with van der Waals surface area (Å²) < 4.78 is 47.4. The molecule has 0 unspecified atom stereocenters. The molecule has 0 saturated heterocycles. The van der Waals surface area contributed by atoms with Gasteiger partial charge in [-0.15, -0.1) is 0 Å². The third-order valence-electron chi connectivity index (χ3n) is 6.25. The van der Waals surface area contributed by atoms with E-state index in [2.05, 4.69) is 15.4 Å². The van der Waals surface area contributed by atoms with Crippen LogP contribution in [0, 0.1) is 0 Å². The SMILES string of the molecule is COc1cccnc1[C@@H](C)NC(=O)c1ccc2c(c1)c1nn(C)cc1c(=O)n2-c1ccc(C(F)(F)F)cc1. The number of methoxy groups -OCH3 is 1. The fourth-order valence-electron chi connectivity index (χ4n) is 4.44. The number of benzene rings is 2. The Kier molecular flexibility index (Phi) is 6.14. The topological polar surface area (TPSA) is 91.0 Å². The Morgan fingerprint density at radius 2 is 1.82 bits per heavy atom. The molecule has 0 aliphatic rings. The van der Waals surface area contributed by atoms with Crippen molar-refractivity contribution in [2.24, 2.45) is 7.05 Å². The smallest absolute Gasteiger partial charge is 0.416 e. The molecule has 8 nitrogen and oxygen atoms in total. The van der Waals surface area contributed by atoms with E-state index in [1.54, 1.807) is 56.7 Å². The van der Waals surface area contributed by atoms with Gasteiger partial charge in [-0.3, -0.25) is 23.8 Å². The lowest BCUT2D eigenvalue weighted by Crippen LogP contribution is -2.27. The molecule has 0 aliphatic heterocycles. The number of carbonyl (C=O) groups is 1. The summed E-state index contributed by atoms with van der Waals surface area (Å²) in [5.74, 6) is 0.151. The lowest BCUT2D eigenvalue weighted by Gasteiger charge is -2.17. The molecule has 38 heavy (non-hydrogen) atoms. The van der Waals surface area contributed by atoms with Crippen LogP contribution in [0.3, 0.4) is 0 Å². The van der Waals surface area contributed by atoms with Crippen molar-refractivity contribution in [3.63, 3.8) is 0 Å². The largest absolute Gasteiger partial charge is 0.495 e. The summed E-state index contributed by atoms with van der Waals surface area (Å²) in [6, 6.07) is 12.1. The molecule has 1 atom stereocenters. The van der Waals surface area contributed by atoms with E-state index in [-0.39, 0.29) is 17.0 Å². The summed E-state index contributed by atoms with van der Waals surface area (Å²) in [5, 5.41) is 8.08. The highest BCUT2D eigenvalue weighted by Crippen LogP contribution is 2.31. The Balaban J connectivity index is 1.61. The maximum absolute atomic E-state index is 13.4. The Labute approximate surface area is 214 Å². The predicted octanol–water partition coefficient (Wildman–Crippen LogP) is 4.79. The van der Waals surface area contributed by atoms with Crippen LogP contribution >= 0.6 is 0 Å². The number of amides is 1. The first-order valence-corrected chi connectivity index (χ1v) is 11.6. The van der Waals surface area contributed by atoms with Crippen LogP contribution in [0.1, 0.15) is 34.6 Å². The molecule has 5 aromatic rings. The Morgan fingerprint density at radius 1 is 1.08 bits per heavy atom. The van der Waals surface area contributed by atoms with E-state index >= 15 is 0 Å². The summed E-state index contributed by atoms with van der Waals surface area (Å²) in [6.07, 6.45) is -1.35. The molecule has 0 bridgehead atoms. The van der Waals surface area contributed by atoms with Crippen LogP contribution in [0.15, 0.2) is 71.8 Å². The van der Waals surface area contributed by atoms with Gasteiger partial charge in [-0.1, -0.05) is 0 Å². The van der Waals surface area contributed by atoms with Gasteiger partial charge in [-0.25, -0.2) is 0 Å². The van der Waals surface area contributed by atoms with Crippen molar-refractivity contribution >= 4 is 27.7 Å². The number of alkyl halides is 3. The van der Waals surface area contributed by atoms with E-state index < -0.39 is 23.3 Å². The lowest BCUT2D eigenvalue weighted by atomic mass is 10.1.